The molecule has 0 aromatic heterocycles. The number of carbonyl (C=O) groups excluding carboxylic acids is 1. The number of nitrogens with two attached hydrogens (primary N) is 1. The molecule has 0 aliphatic heterocycles. The summed E-state index contributed by atoms with van der Waals surface area (Å²) in [5.41, 5.74) is 7.21. The van der Waals surface area contributed by atoms with Crippen LogP contribution in [0.25, 0.3) is 6.08 Å². The van der Waals surface area contributed by atoms with Gasteiger partial charge in [-0.3, -0.25) is 10.1 Å². The lowest BCUT2D eigenvalue weighted by atomic mass is 10.2. The SMILES string of the molecule is NC(=O)NN=CC=Cc1ccccc1[N+](=O)[O-]. The number of hydrogen-bond acceptors (Lipinski definition) is 4. The molecule has 0 spiro atoms. The Morgan fingerprint density at radius 3 is 2.82 bits per heavy atom. The summed E-state index contributed by atoms with van der Waals surface area (Å²) in [6, 6.07) is 5.49. The molecule has 1 aromatic carbocycles. The van der Waals surface area contributed by atoms with Crippen LogP contribution >= 0.6 is 0 Å². The number of nitrogens with one attached hydrogen (secondary N) is 1. The standard InChI is InChI=1S/C10H10N4O3/c11-10(15)13-12-7-3-5-8-4-1-2-6-9(8)14(16)17/h1-7H,(H3,11,13,15). The number of carbonyl (C=O) groups is 1. The molecule has 0 unspecified atom stereocenters. The summed E-state index contributed by atoms with van der Waals surface area (Å²) in [6.45, 7) is 0. The minimum atomic E-state index is -0.777. The van der Waals surface area contributed by atoms with Gasteiger partial charge < -0.3 is 5.73 Å². The van der Waals surface area contributed by atoms with E-state index in [-0.39, 0.29) is 5.69 Å². The number of hydrazone groups is 1. The van der Waals surface area contributed by atoms with Crippen LogP contribution in [0.1, 0.15) is 5.56 Å². The summed E-state index contributed by atoms with van der Waals surface area (Å²) in [6.07, 6.45) is 4.23. The fourth-order valence-electron chi connectivity index (χ4n) is 1.09. The van der Waals surface area contributed by atoms with Gasteiger partial charge in [0.25, 0.3) is 5.69 Å². The van der Waals surface area contributed by atoms with Gasteiger partial charge in [0.05, 0.1) is 10.5 Å². The van der Waals surface area contributed by atoms with Gasteiger partial charge in [0.2, 0.25) is 0 Å². The minimum Gasteiger partial charge on any atom is -0.350 e. The summed E-state index contributed by atoms with van der Waals surface area (Å²) in [4.78, 5) is 20.5. The summed E-state index contributed by atoms with van der Waals surface area (Å²) >= 11 is 0. The Balaban J connectivity index is 2.74. The second-order valence-electron chi connectivity index (χ2n) is 2.93. The number of amides is 2. The van der Waals surface area contributed by atoms with Crippen molar-refractivity contribution in [1.29, 1.82) is 0 Å². The van der Waals surface area contributed by atoms with Crippen LogP contribution in [0.15, 0.2) is 35.4 Å². The third-order valence-electron chi connectivity index (χ3n) is 1.74. The molecule has 1 rings (SSSR count). The molecule has 7 heteroatoms. The Kier molecular flexibility index (Phi) is 4.37. The van der Waals surface area contributed by atoms with Crippen molar-refractivity contribution in [2.45, 2.75) is 0 Å². The number of primary amides is 1. The Bertz CT molecular complexity index is 482. The maximum Gasteiger partial charge on any atom is 0.332 e. The van der Waals surface area contributed by atoms with Gasteiger partial charge in [-0.25, -0.2) is 10.2 Å². The zero-order valence-electron chi connectivity index (χ0n) is 8.74. The first-order valence-electron chi connectivity index (χ1n) is 4.60. The second-order valence-corrected chi connectivity index (χ2v) is 2.93. The van der Waals surface area contributed by atoms with Crippen LogP contribution < -0.4 is 11.2 Å². The lowest BCUT2D eigenvalue weighted by Crippen LogP contribution is -2.24. The molecular weight excluding hydrogens is 224 g/mol. The maximum atomic E-state index is 10.7. The predicted molar refractivity (Wildman–Crippen MR) is 63.3 cm³/mol. The van der Waals surface area contributed by atoms with Gasteiger partial charge in [-0.05, 0) is 18.2 Å². The van der Waals surface area contributed by atoms with Gasteiger partial charge in [-0.2, -0.15) is 5.10 Å². The largest absolute Gasteiger partial charge is 0.350 e. The van der Waals surface area contributed by atoms with Crippen molar-refractivity contribution in [3.05, 3.63) is 46.0 Å². The minimum absolute atomic E-state index is 0.00000966. The average molecular weight is 234 g/mol. The van der Waals surface area contributed by atoms with Crippen LogP contribution in [0.2, 0.25) is 0 Å². The fourth-order valence-corrected chi connectivity index (χ4v) is 1.09. The number of nitro groups is 1. The van der Waals surface area contributed by atoms with E-state index in [2.05, 4.69) is 5.10 Å². The molecule has 0 saturated carbocycles. The molecule has 3 N–H and O–H groups in total. The van der Waals surface area contributed by atoms with Gasteiger partial charge in [0, 0.05) is 12.3 Å². The van der Waals surface area contributed by atoms with E-state index in [0.29, 0.717) is 5.56 Å². The molecule has 0 heterocycles. The quantitative estimate of drug-likeness (QED) is 0.464. The topological polar surface area (TPSA) is 111 Å². The van der Waals surface area contributed by atoms with E-state index in [9.17, 15) is 14.9 Å². The number of allylic oxidation sites excluding steroid dienone is 1. The van der Waals surface area contributed by atoms with E-state index in [1.807, 2.05) is 5.43 Å². The molecule has 7 nitrogen and oxygen atoms in total. The van der Waals surface area contributed by atoms with E-state index in [1.165, 1.54) is 24.4 Å². The summed E-state index contributed by atoms with van der Waals surface area (Å²) in [7, 11) is 0. The van der Waals surface area contributed by atoms with Crippen molar-refractivity contribution in [3.63, 3.8) is 0 Å². The van der Waals surface area contributed by atoms with E-state index in [1.54, 1.807) is 18.2 Å². The highest BCUT2D eigenvalue weighted by Gasteiger charge is 2.08. The smallest absolute Gasteiger partial charge is 0.332 e. The third-order valence-corrected chi connectivity index (χ3v) is 1.74. The van der Waals surface area contributed by atoms with E-state index >= 15 is 0 Å². The molecule has 88 valence electrons. The highest BCUT2D eigenvalue weighted by Crippen LogP contribution is 2.18. The van der Waals surface area contributed by atoms with Gasteiger partial charge >= 0.3 is 6.03 Å². The van der Waals surface area contributed by atoms with Gasteiger partial charge in [0.1, 0.15) is 0 Å². The van der Waals surface area contributed by atoms with Crippen molar-refractivity contribution in [1.82, 2.24) is 5.43 Å². The Morgan fingerprint density at radius 1 is 1.47 bits per heavy atom. The zero-order chi connectivity index (χ0) is 12.7. The highest BCUT2D eigenvalue weighted by molar-refractivity contribution is 5.81. The van der Waals surface area contributed by atoms with E-state index < -0.39 is 11.0 Å². The molecular formula is C10H10N4O3. The van der Waals surface area contributed by atoms with E-state index in [4.69, 9.17) is 5.73 Å². The van der Waals surface area contributed by atoms with Gasteiger partial charge in [-0.15, -0.1) is 0 Å². The van der Waals surface area contributed by atoms with Crippen molar-refractivity contribution in [2.24, 2.45) is 10.8 Å². The molecule has 0 aliphatic carbocycles. The monoisotopic (exact) mass is 234 g/mol. The normalized spacial score (nSPS) is 10.8. The number of nitro benzene ring substituents is 1. The van der Waals surface area contributed by atoms with Gasteiger partial charge in [0.15, 0.2) is 0 Å². The fraction of sp³-hybridized carbons (Fsp3) is 0. The van der Waals surface area contributed by atoms with Crippen LogP contribution in [0.3, 0.4) is 0 Å². The molecule has 0 fully saturated rings. The number of para-hydroxylation sites is 1. The first kappa shape index (κ1) is 12.4. The highest BCUT2D eigenvalue weighted by atomic mass is 16.6. The van der Waals surface area contributed by atoms with Crippen molar-refractivity contribution in [2.75, 3.05) is 0 Å². The van der Waals surface area contributed by atoms with Crippen LogP contribution in [-0.2, 0) is 0 Å². The van der Waals surface area contributed by atoms with Crippen LogP contribution in [0.5, 0.6) is 0 Å². The van der Waals surface area contributed by atoms with Crippen molar-refractivity contribution >= 4 is 24.0 Å². The first-order chi connectivity index (χ1) is 8.11. The molecule has 0 bridgehead atoms. The molecule has 1 aromatic rings. The first-order valence-corrected chi connectivity index (χ1v) is 4.60. The zero-order valence-corrected chi connectivity index (χ0v) is 8.74. The number of rotatable bonds is 4. The van der Waals surface area contributed by atoms with Crippen LogP contribution in [-0.4, -0.2) is 17.2 Å². The summed E-state index contributed by atoms with van der Waals surface area (Å²) < 4.78 is 0. The molecule has 0 radical (unpaired) electrons. The Labute approximate surface area is 96.8 Å². The van der Waals surface area contributed by atoms with Crippen molar-refractivity contribution in [3.8, 4) is 0 Å². The molecule has 2 amide bonds. The van der Waals surface area contributed by atoms with Crippen LogP contribution in [0.4, 0.5) is 10.5 Å². The predicted octanol–water partition coefficient (Wildman–Crippen LogP) is 1.26. The summed E-state index contributed by atoms with van der Waals surface area (Å²) in [5.74, 6) is 0. The lowest BCUT2D eigenvalue weighted by Gasteiger charge is -1.95. The number of hydrogen-bond donors (Lipinski definition) is 2. The Morgan fingerprint density at radius 2 is 2.18 bits per heavy atom. The number of nitrogens with zero attached hydrogens (tertiary/aromatic N) is 2. The molecule has 17 heavy (non-hydrogen) atoms. The Hall–Kier alpha value is -2.70. The molecule has 0 atom stereocenters. The average Bonchev–Trinajstić information content (AvgIpc) is 2.28. The molecule has 0 aliphatic rings. The lowest BCUT2D eigenvalue weighted by molar-refractivity contribution is -0.385. The third kappa shape index (κ3) is 4.12. The second kappa shape index (κ2) is 6.01. The van der Waals surface area contributed by atoms with Crippen LogP contribution in [0, 0.1) is 10.1 Å². The maximum absolute atomic E-state index is 10.7. The summed E-state index contributed by atoms with van der Waals surface area (Å²) in [5, 5.41) is 14.1. The van der Waals surface area contributed by atoms with Gasteiger partial charge in [-0.1, -0.05) is 12.1 Å². The van der Waals surface area contributed by atoms with Crippen molar-refractivity contribution < 1.29 is 9.72 Å². The number of benzene rings is 1. The number of urea groups is 1. The molecule has 0 saturated heterocycles. The van der Waals surface area contributed by atoms with E-state index in [0.717, 1.165) is 0 Å².